The Morgan fingerprint density at radius 1 is 0.645 bits per heavy atom. The van der Waals surface area contributed by atoms with Crippen molar-refractivity contribution in [2.75, 3.05) is 11.9 Å². The Bertz CT molecular complexity index is 1310. The molecule has 0 N–H and O–H groups in total. The Morgan fingerprint density at radius 2 is 1.29 bits per heavy atom. The third-order valence-corrected chi connectivity index (χ3v) is 6.45. The molecule has 0 aromatic heterocycles. The van der Waals surface area contributed by atoms with Crippen molar-refractivity contribution in [3.05, 3.63) is 108 Å². The topological polar surface area (TPSA) is 3.24 Å². The van der Waals surface area contributed by atoms with E-state index in [2.05, 4.69) is 44.2 Å². The van der Waals surface area contributed by atoms with E-state index in [0.29, 0.717) is 16.9 Å². The zero-order chi connectivity index (χ0) is 21.8. The van der Waals surface area contributed by atoms with Crippen LogP contribution in [-0.4, -0.2) is 7.05 Å². The average molecular weight is 411 g/mol. The average Bonchev–Trinajstić information content (AvgIpc) is 3.01. The molecule has 0 aliphatic heterocycles. The van der Waals surface area contributed by atoms with Gasteiger partial charge in [0.2, 0.25) is 0 Å². The molecule has 0 fully saturated rings. The van der Waals surface area contributed by atoms with Crippen molar-refractivity contribution in [1.82, 2.24) is 0 Å². The fourth-order valence-electron chi connectivity index (χ4n) is 4.74. The number of anilines is 2. The first-order valence-electron chi connectivity index (χ1n) is 10.4. The van der Waals surface area contributed by atoms with Crippen molar-refractivity contribution in [2.45, 2.75) is 19.3 Å². The van der Waals surface area contributed by atoms with Crippen LogP contribution >= 0.6 is 0 Å². The second kappa shape index (κ2) is 7.05. The van der Waals surface area contributed by atoms with Gasteiger partial charge < -0.3 is 4.90 Å². The van der Waals surface area contributed by atoms with Crippen LogP contribution < -0.4 is 4.90 Å². The fraction of sp³-hybridized carbons (Fsp3) is 0.143. The molecule has 3 heteroatoms. The van der Waals surface area contributed by atoms with E-state index in [1.807, 2.05) is 18.2 Å². The van der Waals surface area contributed by atoms with E-state index in [4.69, 9.17) is 0 Å². The molecule has 4 aromatic rings. The zero-order valence-corrected chi connectivity index (χ0v) is 17.8. The Morgan fingerprint density at radius 3 is 2.10 bits per heavy atom. The third kappa shape index (κ3) is 2.96. The predicted molar refractivity (Wildman–Crippen MR) is 124 cm³/mol. The van der Waals surface area contributed by atoms with E-state index in [1.165, 1.54) is 22.8 Å². The summed E-state index contributed by atoms with van der Waals surface area (Å²) in [5, 5.41) is 0. The highest BCUT2D eigenvalue weighted by Gasteiger charge is 2.35. The van der Waals surface area contributed by atoms with Crippen LogP contribution in [0.2, 0.25) is 0 Å². The molecular weight excluding hydrogens is 388 g/mol. The standard InChI is InChI=1S/C28H23F2N/c1-28(2)22-11-5-4-9-20(22)21-17-18(15-16-23(21)28)19-10-8-14-26(27(19)30)31(3)25-13-7-6-12-24(25)29/h4-17H,1-3H3. The summed E-state index contributed by atoms with van der Waals surface area (Å²) in [7, 11) is 1.68. The van der Waals surface area contributed by atoms with Crippen molar-refractivity contribution >= 4 is 11.4 Å². The van der Waals surface area contributed by atoms with Crippen molar-refractivity contribution in [3.63, 3.8) is 0 Å². The van der Waals surface area contributed by atoms with Crippen molar-refractivity contribution in [2.24, 2.45) is 0 Å². The number of para-hydroxylation sites is 1. The fourth-order valence-corrected chi connectivity index (χ4v) is 4.74. The van der Waals surface area contributed by atoms with Crippen molar-refractivity contribution in [3.8, 4) is 22.3 Å². The molecule has 0 bridgehead atoms. The molecule has 1 aliphatic carbocycles. The monoisotopic (exact) mass is 411 g/mol. The Labute approximate surface area is 181 Å². The van der Waals surface area contributed by atoms with Crippen LogP contribution in [-0.2, 0) is 5.41 Å². The molecule has 0 heterocycles. The highest BCUT2D eigenvalue weighted by Crippen LogP contribution is 2.49. The summed E-state index contributed by atoms with van der Waals surface area (Å²) in [4.78, 5) is 1.56. The summed E-state index contributed by atoms with van der Waals surface area (Å²) < 4.78 is 29.9. The van der Waals surface area contributed by atoms with Gasteiger partial charge in [-0.2, -0.15) is 0 Å². The van der Waals surface area contributed by atoms with E-state index >= 15 is 4.39 Å². The maximum Gasteiger partial charge on any atom is 0.154 e. The van der Waals surface area contributed by atoms with E-state index in [0.717, 1.165) is 11.1 Å². The first-order valence-corrected chi connectivity index (χ1v) is 10.4. The number of benzene rings is 4. The molecule has 0 saturated carbocycles. The second-order valence-electron chi connectivity index (χ2n) is 8.58. The van der Waals surface area contributed by atoms with E-state index in [9.17, 15) is 4.39 Å². The number of rotatable bonds is 3. The third-order valence-electron chi connectivity index (χ3n) is 6.45. The second-order valence-corrected chi connectivity index (χ2v) is 8.58. The van der Waals surface area contributed by atoms with E-state index in [1.54, 1.807) is 42.3 Å². The Balaban J connectivity index is 1.63. The lowest BCUT2D eigenvalue weighted by Gasteiger charge is -2.22. The SMILES string of the molecule is CN(c1ccccc1F)c1cccc(-c2ccc3c(c2)-c2ccccc2C3(C)C)c1F. The molecule has 0 radical (unpaired) electrons. The summed E-state index contributed by atoms with van der Waals surface area (Å²) >= 11 is 0. The number of fused-ring (bicyclic) bond motifs is 3. The molecule has 0 unspecified atom stereocenters. The molecule has 1 aliphatic rings. The Hall–Kier alpha value is -3.46. The van der Waals surface area contributed by atoms with E-state index < -0.39 is 0 Å². The molecule has 154 valence electrons. The van der Waals surface area contributed by atoms with Gasteiger partial charge in [0.25, 0.3) is 0 Å². The Kier molecular flexibility index (Phi) is 4.44. The molecule has 0 saturated heterocycles. The molecule has 1 nitrogen and oxygen atoms in total. The first-order chi connectivity index (χ1) is 14.9. The molecule has 4 aromatic carbocycles. The normalized spacial score (nSPS) is 13.6. The predicted octanol–water partition coefficient (Wildman–Crippen LogP) is 7.71. The lowest BCUT2D eigenvalue weighted by atomic mass is 9.82. The smallest absolute Gasteiger partial charge is 0.154 e. The van der Waals surface area contributed by atoms with Crippen LogP contribution in [0.15, 0.2) is 84.9 Å². The van der Waals surface area contributed by atoms with Gasteiger partial charge in [0.15, 0.2) is 5.82 Å². The van der Waals surface area contributed by atoms with Gasteiger partial charge in [0.1, 0.15) is 5.82 Å². The van der Waals surface area contributed by atoms with Crippen molar-refractivity contribution in [1.29, 1.82) is 0 Å². The van der Waals surface area contributed by atoms with Gasteiger partial charge in [-0.3, -0.25) is 0 Å². The maximum atomic E-state index is 15.7. The number of hydrogen-bond donors (Lipinski definition) is 0. The minimum absolute atomic E-state index is 0.0874. The van der Waals surface area contributed by atoms with Crippen molar-refractivity contribution < 1.29 is 8.78 Å². The van der Waals surface area contributed by atoms with Crippen LogP contribution in [0.5, 0.6) is 0 Å². The molecule has 0 amide bonds. The van der Waals surface area contributed by atoms with Gasteiger partial charge in [-0.25, -0.2) is 8.78 Å². The van der Waals surface area contributed by atoms with Gasteiger partial charge in [0.05, 0.1) is 11.4 Å². The van der Waals surface area contributed by atoms with Crippen LogP contribution in [0.25, 0.3) is 22.3 Å². The summed E-state index contributed by atoms with van der Waals surface area (Å²) in [5.74, 6) is -0.745. The summed E-state index contributed by atoms with van der Waals surface area (Å²) in [5.41, 5.74) is 6.78. The minimum atomic E-state index is -0.383. The lowest BCUT2D eigenvalue weighted by molar-refractivity contribution is 0.619. The molecule has 31 heavy (non-hydrogen) atoms. The summed E-state index contributed by atoms with van der Waals surface area (Å²) in [6.07, 6.45) is 0. The summed E-state index contributed by atoms with van der Waals surface area (Å²) in [6, 6.07) is 26.3. The zero-order valence-electron chi connectivity index (χ0n) is 17.8. The van der Waals surface area contributed by atoms with Gasteiger partial charge in [0, 0.05) is 18.0 Å². The maximum absolute atomic E-state index is 15.7. The van der Waals surface area contributed by atoms with Crippen LogP contribution in [0.4, 0.5) is 20.2 Å². The quantitative estimate of drug-likeness (QED) is 0.334. The number of hydrogen-bond acceptors (Lipinski definition) is 1. The highest BCUT2D eigenvalue weighted by molar-refractivity contribution is 5.85. The first kappa shape index (κ1) is 19.5. The molecule has 0 atom stereocenters. The largest absolute Gasteiger partial charge is 0.340 e. The highest BCUT2D eigenvalue weighted by atomic mass is 19.1. The van der Waals surface area contributed by atoms with Gasteiger partial charge >= 0.3 is 0 Å². The van der Waals surface area contributed by atoms with Crippen LogP contribution in [0, 0.1) is 11.6 Å². The van der Waals surface area contributed by atoms with E-state index in [-0.39, 0.29) is 17.0 Å². The molecular formula is C28H23F2N. The van der Waals surface area contributed by atoms with Gasteiger partial charge in [-0.05, 0) is 52.1 Å². The van der Waals surface area contributed by atoms with Crippen LogP contribution in [0.3, 0.4) is 0 Å². The van der Waals surface area contributed by atoms with Crippen LogP contribution in [0.1, 0.15) is 25.0 Å². The summed E-state index contributed by atoms with van der Waals surface area (Å²) in [6.45, 7) is 4.45. The minimum Gasteiger partial charge on any atom is -0.340 e. The number of halogens is 2. The lowest BCUT2D eigenvalue weighted by Crippen LogP contribution is -2.14. The van der Waals surface area contributed by atoms with Gasteiger partial charge in [-0.1, -0.05) is 74.5 Å². The molecule has 0 spiro atoms. The molecule has 5 rings (SSSR count). The van der Waals surface area contributed by atoms with Gasteiger partial charge in [-0.15, -0.1) is 0 Å². The number of nitrogens with zero attached hydrogens (tertiary/aromatic N) is 1.